The van der Waals surface area contributed by atoms with Crippen LogP contribution in [-0.2, 0) is 69.5 Å². The van der Waals surface area contributed by atoms with Crippen molar-refractivity contribution >= 4 is 72.9 Å². The summed E-state index contributed by atoms with van der Waals surface area (Å²) in [7, 11) is -9.30. The number of hydroxylamine groups is 4. The average molecular weight is 911 g/mol. The maximum Gasteiger partial charge on any atom is 0.333 e. The molecule has 0 saturated carbocycles. The quantitative estimate of drug-likeness (QED) is 0.0915. The van der Waals surface area contributed by atoms with E-state index < -0.39 is 66.6 Å². The van der Waals surface area contributed by atoms with E-state index in [4.69, 9.17) is 9.68 Å². The van der Waals surface area contributed by atoms with Gasteiger partial charge in [0.15, 0.2) is 5.71 Å². The van der Waals surface area contributed by atoms with Gasteiger partial charge in [0.05, 0.1) is 15.2 Å². The summed E-state index contributed by atoms with van der Waals surface area (Å²) in [5, 5.41) is 1.03. The van der Waals surface area contributed by atoms with Crippen LogP contribution in [0.1, 0.15) is 116 Å². The van der Waals surface area contributed by atoms with Gasteiger partial charge in [-0.15, -0.1) is 10.1 Å². The molecular formula is C43H50N4O14S2. The van der Waals surface area contributed by atoms with E-state index in [2.05, 4.69) is 0 Å². The minimum atomic E-state index is -4.77. The number of benzene rings is 2. The van der Waals surface area contributed by atoms with E-state index in [1.165, 1.54) is 24.3 Å². The summed E-state index contributed by atoms with van der Waals surface area (Å²) >= 11 is 0. The van der Waals surface area contributed by atoms with Gasteiger partial charge < -0.3 is 19.1 Å². The largest absolute Gasteiger partial charge is 0.744 e. The van der Waals surface area contributed by atoms with Crippen LogP contribution in [0, 0.1) is 0 Å². The second-order valence-corrected chi connectivity index (χ2v) is 19.6. The van der Waals surface area contributed by atoms with Crippen molar-refractivity contribution in [3.05, 3.63) is 71.5 Å². The first-order chi connectivity index (χ1) is 29.5. The lowest BCUT2D eigenvalue weighted by Gasteiger charge is -2.27. The molecule has 338 valence electrons. The number of nitrogens with zero attached hydrogens (tertiary/aromatic N) is 4. The molecule has 4 aliphatic rings. The molecule has 0 spiro atoms. The second-order valence-electron chi connectivity index (χ2n) is 16.8. The lowest BCUT2D eigenvalue weighted by atomic mass is 9.81. The van der Waals surface area contributed by atoms with Gasteiger partial charge in [0.2, 0.25) is 5.69 Å². The Bertz CT molecular complexity index is 2540. The van der Waals surface area contributed by atoms with Crippen LogP contribution in [0.25, 0.3) is 0 Å². The van der Waals surface area contributed by atoms with E-state index in [1.807, 2.05) is 55.4 Å². The molecule has 4 heterocycles. The number of fused-ring (bicyclic) bond motifs is 2. The molecule has 1 N–H and O–H groups in total. The smallest absolute Gasteiger partial charge is 0.333 e. The number of carbonyl (C=O) groups is 6. The molecule has 63 heavy (non-hydrogen) atoms. The Kier molecular flexibility index (Phi) is 13.6. The highest BCUT2D eigenvalue weighted by Crippen LogP contribution is 2.49. The molecule has 18 nitrogen and oxygen atoms in total. The third-order valence-electron chi connectivity index (χ3n) is 11.7. The zero-order valence-electron chi connectivity index (χ0n) is 35.5. The molecule has 20 heteroatoms. The Balaban J connectivity index is 1.22. The minimum Gasteiger partial charge on any atom is -0.744 e. The Hall–Kier alpha value is -5.57. The fourth-order valence-corrected chi connectivity index (χ4v) is 9.38. The maximum atomic E-state index is 12.4. The molecule has 0 atom stereocenters. The number of anilines is 1. The Morgan fingerprint density at radius 3 is 1.79 bits per heavy atom. The number of imide groups is 2. The van der Waals surface area contributed by atoms with Gasteiger partial charge in [0.1, 0.15) is 16.7 Å². The molecular weight excluding hydrogens is 861 g/mol. The summed E-state index contributed by atoms with van der Waals surface area (Å²) < 4.78 is 72.6. The van der Waals surface area contributed by atoms with Crippen molar-refractivity contribution in [2.24, 2.45) is 0 Å². The van der Waals surface area contributed by atoms with Crippen molar-refractivity contribution in [2.45, 2.75) is 125 Å². The highest BCUT2D eigenvalue weighted by Gasteiger charge is 2.45. The Morgan fingerprint density at radius 1 is 0.730 bits per heavy atom. The van der Waals surface area contributed by atoms with Gasteiger partial charge in [-0.3, -0.25) is 23.7 Å². The molecule has 0 radical (unpaired) electrons. The lowest BCUT2D eigenvalue weighted by molar-refractivity contribution is -0.438. The first-order valence-corrected chi connectivity index (χ1v) is 23.5. The fraction of sp³-hybridized carbons (Fsp3) is 0.465. The molecule has 2 aromatic rings. The number of carbonyl (C=O) groups excluding carboxylic acids is 6. The van der Waals surface area contributed by atoms with Crippen molar-refractivity contribution in [3.8, 4) is 0 Å². The SMILES string of the molecule is CC1(C)C(=CC=CC2=[N+](CCCCCC(=O)ON3C(=O)CCC3=O)c3ccc(S(=O)(=O)[O-])cc3C2(C)C)N(CCCCCC(=O)ON2C(=O)CCC2=O)c2ccc(S(=O)(=O)O)cc21. The molecule has 0 aliphatic carbocycles. The topological polar surface area (TPSA) is 245 Å². The molecule has 6 rings (SSSR count). The van der Waals surface area contributed by atoms with E-state index >= 15 is 0 Å². The van der Waals surface area contributed by atoms with Gasteiger partial charge in [-0.05, 0) is 81.5 Å². The highest BCUT2D eigenvalue weighted by molar-refractivity contribution is 7.86. The highest BCUT2D eigenvalue weighted by atomic mass is 32.2. The van der Waals surface area contributed by atoms with Gasteiger partial charge in [0.25, 0.3) is 33.7 Å². The van der Waals surface area contributed by atoms with Gasteiger partial charge >= 0.3 is 11.9 Å². The summed E-state index contributed by atoms with van der Waals surface area (Å²) in [5.74, 6) is -3.63. The van der Waals surface area contributed by atoms with E-state index in [-0.39, 0.29) is 48.3 Å². The molecule has 2 saturated heterocycles. The van der Waals surface area contributed by atoms with Crippen LogP contribution in [0.5, 0.6) is 0 Å². The van der Waals surface area contributed by atoms with E-state index in [0.29, 0.717) is 84.2 Å². The monoisotopic (exact) mass is 910 g/mol. The second kappa shape index (κ2) is 18.3. The van der Waals surface area contributed by atoms with Crippen LogP contribution in [0.15, 0.2) is 70.1 Å². The number of allylic oxidation sites excluding steroid dienone is 4. The Labute approximate surface area is 365 Å². The zero-order chi connectivity index (χ0) is 46.1. The van der Waals surface area contributed by atoms with Gasteiger partial charge in [0, 0.05) is 86.0 Å². The standard InChI is InChI=1S/C43H50N4O14S2/c1-42(2)30-26-28(62(54,55)56)16-18-32(30)44(24-9-5-7-14-40(52)60-46-36(48)20-21-37(46)49)34(42)12-11-13-35-43(3,4)31-27-29(63(57,58)59)17-19-33(31)45(35)25-10-6-8-15-41(53)61-47-38(50)22-23-39(47)51/h11-13,16-19,26-27H,5-10,14-15,20-25H2,1-4H3,(H-,54,55,56,57,58,59). The van der Waals surface area contributed by atoms with Crippen LogP contribution in [0.3, 0.4) is 0 Å². The number of unbranched alkanes of at least 4 members (excludes halogenated alkanes) is 4. The summed E-state index contributed by atoms with van der Waals surface area (Å²) in [5.41, 5.74) is 2.68. The fourth-order valence-electron chi connectivity index (χ4n) is 8.38. The minimum absolute atomic E-state index is 0.00654. The van der Waals surface area contributed by atoms with Crippen LogP contribution in [0.2, 0.25) is 0 Å². The molecule has 2 aromatic carbocycles. The van der Waals surface area contributed by atoms with Crippen molar-refractivity contribution in [1.82, 2.24) is 10.1 Å². The van der Waals surface area contributed by atoms with Gasteiger partial charge in [-0.1, -0.05) is 26.3 Å². The number of rotatable bonds is 18. The Morgan fingerprint density at radius 2 is 1.25 bits per heavy atom. The summed E-state index contributed by atoms with van der Waals surface area (Å²) in [4.78, 5) is 83.5. The zero-order valence-corrected chi connectivity index (χ0v) is 37.1. The molecule has 4 amide bonds. The summed E-state index contributed by atoms with van der Waals surface area (Å²) in [6.07, 6.45) is 8.64. The molecule has 2 fully saturated rings. The lowest BCUT2D eigenvalue weighted by Crippen LogP contribution is -2.32. The average Bonchev–Trinajstić information content (AvgIpc) is 3.83. The normalized spacial score (nSPS) is 19.0. The van der Waals surface area contributed by atoms with Crippen molar-refractivity contribution < 1.29 is 69.0 Å². The van der Waals surface area contributed by atoms with Gasteiger partial charge in [-0.25, -0.2) is 18.0 Å². The summed E-state index contributed by atoms with van der Waals surface area (Å²) in [6, 6.07) is 8.65. The maximum absolute atomic E-state index is 12.4. The van der Waals surface area contributed by atoms with E-state index in [0.717, 1.165) is 11.4 Å². The predicted octanol–water partition coefficient (Wildman–Crippen LogP) is 4.79. The molecule has 0 aromatic heterocycles. The molecule has 0 bridgehead atoms. The molecule has 0 unspecified atom stereocenters. The van der Waals surface area contributed by atoms with Crippen LogP contribution in [-0.4, -0.2) is 95.0 Å². The van der Waals surface area contributed by atoms with Gasteiger partial charge in [-0.2, -0.15) is 13.0 Å². The van der Waals surface area contributed by atoms with Crippen LogP contribution < -0.4 is 4.90 Å². The van der Waals surface area contributed by atoms with Crippen LogP contribution >= 0.6 is 0 Å². The van der Waals surface area contributed by atoms with Crippen LogP contribution in [0.4, 0.5) is 11.4 Å². The number of amides is 4. The summed E-state index contributed by atoms with van der Waals surface area (Å²) in [6.45, 7) is 8.55. The number of hydrogen-bond acceptors (Lipinski definition) is 14. The van der Waals surface area contributed by atoms with Crippen molar-refractivity contribution in [1.29, 1.82) is 0 Å². The first kappa shape index (κ1) is 46.9. The van der Waals surface area contributed by atoms with Crippen molar-refractivity contribution in [3.63, 3.8) is 0 Å². The first-order valence-electron chi connectivity index (χ1n) is 20.7. The third kappa shape index (κ3) is 10.1. The van der Waals surface area contributed by atoms with E-state index in [9.17, 15) is 54.7 Å². The molecule has 4 aliphatic heterocycles. The predicted molar refractivity (Wildman–Crippen MR) is 222 cm³/mol. The third-order valence-corrected chi connectivity index (χ3v) is 13.4. The van der Waals surface area contributed by atoms with Crippen molar-refractivity contribution in [2.75, 3.05) is 18.0 Å². The number of hydrogen-bond donors (Lipinski definition) is 1. The van der Waals surface area contributed by atoms with E-state index in [1.54, 1.807) is 12.1 Å².